The van der Waals surface area contributed by atoms with Crippen molar-refractivity contribution >= 4 is 11.4 Å². The smallest absolute Gasteiger partial charge is 0.276 e. The van der Waals surface area contributed by atoms with Crippen LogP contribution in [0.25, 0.3) is 16.8 Å². The van der Waals surface area contributed by atoms with Crippen LogP contribution < -0.4 is 25.1 Å². The molecule has 36 heavy (non-hydrogen) atoms. The molecule has 4 rings (SSSR count). The molecule has 2 aromatic carbocycles. The normalized spacial score (nSPS) is 11.8. The first-order valence-electron chi connectivity index (χ1n) is 11.8. The Bertz CT molecular complexity index is 1410. The molecule has 0 aliphatic carbocycles. The molecule has 0 aliphatic heterocycles. The summed E-state index contributed by atoms with van der Waals surface area (Å²) in [6.45, 7) is 4.68. The molecule has 0 aliphatic rings. The lowest BCUT2D eigenvalue weighted by Crippen LogP contribution is -2.29. The number of carbonyl (C=O) groups is 1. The van der Waals surface area contributed by atoms with E-state index in [0.717, 1.165) is 16.9 Å². The third-order valence-corrected chi connectivity index (χ3v) is 5.93. The fourth-order valence-corrected chi connectivity index (χ4v) is 3.97. The van der Waals surface area contributed by atoms with E-state index in [1.165, 1.54) is 4.57 Å². The van der Waals surface area contributed by atoms with Crippen molar-refractivity contribution in [2.24, 2.45) is 0 Å². The largest absolute Gasteiger partial charge is 0.494 e. The molecule has 0 fully saturated rings. The van der Waals surface area contributed by atoms with Crippen molar-refractivity contribution in [3.63, 3.8) is 0 Å². The molecule has 0 spiro atoms. The van der Waals surface area contributed by atoms with E-state index in [4.69, 9.17) is 14.2 Å². The first-order valence-corrected chi connectivity index (χ1v) is 11.8. The van der Waals surface area contributed by atoms with E-state index in [1.807, 2.05) is 50.2 Å². The molecule has 0 saturated heterocycles. The number of hydrogen-bond acceptors (Lipinski definition) is 6. The van der Waals surface area contributed by atoms with E-state index < -0.39 is 0 Å². The second-order valence-corrected chi connectivity index (χ2v) is 8.27. The van der Waals surface area contributed by atoms with Crippen molar-refractivity contribution in [3.05, 3.63) is 76.8 Å². The molecule has 1 amide bonds. The molecule has 9 heteroatoms. The summed E-state index contributed by atoms with van der Waals surface area (Å²) in [5, 5.41) is 7.49. The molecular weight excluding hydrogens is 460 g/mol. The van der Waals surface area contributed by atoms with Crippen LogP contribution in [0, 0.1) is 0 Å². The van der Waals surface area contributed by atoms with Crippen LogP contribution in [0.5, 0.6) is 17.2 Å². The quantitative estimate of drug-likeness (QED) is 0.363. The predicted molar refractivity (Wildman–Crippen MR) is 137 cm³/mol. The molecule has 1 atom stereocenters. The zero-order valence-electron chi connectivity index (χ0n) is 20.9. The Morgan fingerprint density at radius 3 is 2.47 bits per heavy atom. The van der Waals surface area contributed by atoms with Crippen molar-refractivity contribution in [2.45, 2.75) is 32.9 Å². The lowest BCUT2D eigenvalue weighted by atomic mass is 10.1. The average Bonchev–Trinajstić information content (AvgIpc) is 3.34. The van der Waals surface area contributed by atoms with Gasteiger partial charge >= 0.3 is 0 Å². The maximum absolute atomic E-state index is 13.0. The summed E-state index contributed by atoms with van der Waals surface area (Å²) in [5.41, 5.74) is 2.70. The number of aryl methyl sites for hydroxylation is 1. The molecule has 4 aromatic rings. The third kappa shape index (κ3) is 5.35. The van der Waals surface area contributed by atoms with Crippen LogP contribution in [-0.2, 0) is 11.3 Å². The van der Waals surface area contributed by atoms with Crippen LogP contribution in [0.1, 0.15) is 31.9 Å². The number of ether oxygens (including phenoxy) is 3. The molecule has 0 radical (unpaired) electrons. The number of amides is 1. The first-order chi connectivity index (χ1) is 17.4. The Morgan fingerprint density at radius 1 is 1.03 bits per heavy atom. The SMILES string of the molecule is CCOc1ccc(-c2cc3c(=O)n(CCC(=O)NC(C)c4ccc(OC)c(OC)c4)ccn3n2)cc1. The minimum Gasteiger partial charge on any atom is -0.494 e. The van der Waals surface area contributed by atoms with Gasteiger partial charge in [-0.15, -0.1) is 0 Å². The van der Waals surface area contributed by atoms with Crippen molar-refractivity contribution in [2.75, 3.05) is 20.8 Å². The molecular formula is C27H30N4O5. The fourth-order valence-electron chi connectivity index (χ4n) is 3.97. The standard InChI is InChI=1S/C27H30N4O5/c1-5-36-21-9-6-19(7-10-21)22-17-23-27(33)30(14-15-31(23)29-22)13-12-26(32)28-18(2)20-8-11-24(34-3)25(16-20)35-4/h6-11,14-18H,5,12-13H2,1-4H3,(H,28,32). The Labute approximate surface area is 209 Å². The van der Waals surface area contributed by atoms with Crippen LogP contribution in [-0.4, -0.2) is 40.9 Å². The lowest BCUT2D eigenvalue weighted by Gasteiger charge is -2.17. The number of benzene rings is 2. The van der Waals surface area contributed by atoms with E-state index in [-0.39, 0.29) is 30.5 Å². The zero-order chi connectivity index (χ0) is 25.7. The van der Waals surface area contributed by atoms with E-state index in [9.17, 15) is 9.59 Å². The highest BCUT2D eigenvalue weighted by Gasteiger charge is 2.14. The van der Waals surface area contributed by atoms with E-state index in [2.05, 4.69) is 10.4 Å². The van der Waals surface area contributed by atoms with Crippen molar-refractivity contribution in [1.29, 1.82) is 0 Å². The van der Waals surface area contributed by atoms with Gasteiger partial charge in [-0.3, -0.25) is 9.59 Å². The molecule has 0 saturated carbocycles. The summed E-state index contributed by atoms with van der Waals surface area (Å²) in [6, 6.07) is 14.6. The van der Waals surface area contributed by atoms with Gasteiger partial charge in [0.2, 0.25) is 5.91 Å². The molecule has 9 nitrogen and oxygen atoms in total. The molecule has 2 heterocycles. The monoisotopic (exact) mass is 490 g/mol. The molecule has 2 aromatic heterocycles. The summed E-state index contributed by atoms with van der Waals surface area (Å²) >= 11 is 0. The van der Waals surface area contributed by atoms with Crippen LogP contribution in [0.15, 0.2) is 65.7 Å². The number of nitrogens with zero attached hydrogens (tertiary/aromatic N) is 3. The second kappa shape index (κ2) is 11.0. The first kappa shape index (κ1) is 24.8. The van der Waals surface area contributed by atoms with Crippen LogP contribution in [0.3, 0.4) is 0 Å². The van der Waals surface area contributed by atoms with Gasteiger partial charge in [0.25, 0.3) is 5.56 Å². The third-order valence-electron chi connectivity index (χ3n) is 5.93. The van der Waals surface area contributed by atoms with E-state index >= 15 is 0 Å². The Hall–Kier alpha value is -4.27. The van der Waals surface area contributed by atoms with Crippen LogP contribution in [0.4, 0.5) is 0 Å². The minimum atomic E-state index is -0.233. The van der Waals surface area contributed by atoms with Gasteiger partial charge in [0.15, 0.2) is 11.5 Å². The van der Waals surface area contributed by atoms with Gasteiger partial charge in [-0.05, 0) is 61.9 Å². The van der Waals surface area contributed by atoms with Gasteiger partial charge in [0.1, 0.15) is 11.3 Å². The van der Waals surface area contributed by atoms with E-state index in [1.54, 1.807) is 43.3 Å². The fraction of sp³-hybridized carbons (Fsp3) is 0.296. The predicted octanol–water partition coefficient (Wildman–Crippen LogP) is 3.85. The molecule has 1 unspecified atom stereocenters. The molecule has 1 N–H and O–H groups in total. The lowest BCUT2D eigenvalue weighted by molar-refractivity contribution is -0.121. The summed E-state index contributed by atoms with van der Waals surface area (Å²) < 4.78 is 19.2. The summed E-state index contributed by atoms with van der Waals surface area (Å²) in [6.07, 6.45) is 3.53. The van der Waals surface area contributed by atoms with Gasteiger partial charge in [-0.25, -0.2) is 4.52 Å². The number of hydrogen-bond donors (Lipinski definition) is 1. The van der Waals surface area contributed by atoms with Gasteiger partial charge in [-0.2, -0.15) is 5.10 Å². The minimum absolute atomic E-state index is 0.160. The average molecular weight is 491 g/mol. The zero-order valence-corrected chi connectivity index (χ0v) is 20.9. The number of nitrogens with one attached hydrogen (secondary N) is 1. The highest BCUT2D eigenvalue weighted by molar-refractivity contribution is 5.76. The van der Waals surface area contributed by atoms with Gasteiger partial charge in [-0.1, -0.05) is 6.07 Å². The second-order valence-electron chi connectivity index (χ2n) is 8.27. The van der Waals surface area contributed by atoms with Gasteiger partial charge < -0.3 is 24.1 Å². The summed E-state index contributed by atoms with van der Waals surface area (Å²) in [5.74, 6) is 1.85. The number of fused-ring (bicyclic) bond motifs is 1. The van der Waals surface area contributed by atoms with Crippen molar-refractivity contribution in [1.82, 2.24) is 19.5 Å². The maximum Gasteiger partial charge on any atom is 0.276 e. The summed E-state index contributed by atoms with van der Waals surface area (Å²) in [7, 11) is 3.15. The Kier molecular flexibility index (Phi) is 7.58. The van der Waals surface area contributed by atoms with E-state index in [0.29, 0.717) is 29.3 Å². The highest BCUT2D eigenvalue weighted by Crippen LogP contribution is 2.30. The number of aromatic nitrogens is 3. The van der Waals surface area contributed by atoms with Crippen molar-refractivity contribution in [3.8, 4) is 28.5 Å². The van der Waals surface area contributed by atoms with Gasteiger partial charge in [0.05, 0.1) is 32.6 Å². The Balaban J connectivity index is 1.42. The van der Waals surface area contributed by atoms with Crippen LogP contribution in [0.2, 0.25) is 0 Å². The molecule has 188 valence electrons. The number of rotatable bonds is 10. The highest BCUT2D eigenvalue weighted by atomic mass is 16.5. The van der Waals surface area contributed by atoms with Crippen molar-refractivity contribution < 1.29 is 19.0 Å². The Morgan fingerprint density at radius 2 is 1.78 bits per heavy atom. The van der Waals surface area contributed by atoms with Crippen LogP contribution >= 0.6 is 0 Å². The maximum atomic E-state index is 13.0. The number of methoxy groups -OCH3 is 2. The summed E-state index contributed by atoms with van der Waals surface area (Å²) in [4.78, 5) is 25.6. The number of carbonyl (C=O) groups excluding carboxylic acids is 1. The molecule has 0 bridgehead atoms. The topological polar surface area (TPSA) is 96.1 Å². The van der Waals surface area contributed by atoms with Gasteiger partial charge in [0, 0.05) is 30.9 Å².